The highest BCUT2D eigenvalue weighted by molar-refractivity contribution is 5.80. The normalized spacial score (nSPS) is 20.7. The van der Waals surface area contributed by atoms with E-state index < -0.39 is 0 Å². The van der Waals surface area contributed by atoms with Crippen molar-refractivity contribution in [3.8, 4) is 5.82 Å². The number of fused-ring (bicyclic) bond motifs is 1. The van der Waals surface area contributed by atoms with Gasteiger partial charge in [-0.1, -0.05) is 12.1 Å². The lowest BCUT2D eigenvalue weighted by atomic mass is 9.93. The van der Waals surface area contributed by atoms with Gasteiger partial charge in [-0.2, -0.15) is 10.1 Å². The maximum atomic E-state index is 9.62. The predicted molar refractivity (Wildman–Crippen MR) is 94.5 cm³/mol. The minimum Gasteiger partial charge on any atom is -0.393 e. The van der Waals surface area contributed by atoms with Crippen LogP contribution in [0, 0.1) is 0 Å². The van der Waals surface area contributed by atoms with Crippen molar-refractivity contribution in [2.24, 2.45) is 0 Å². The average Bonchev–Trinajstić information content (AvgIpc) is 3.07. The third-order valence-corrected chi connectivity index (χ3v) is 4.71. The molecule has 25 heavy (non-hydrogen) atoms. The van der Waals surface area contributed by atoms with E-state index >= 15 is 0 Å². The van der Waals surface area contributed by atoms with E-state index in [1.54, 1.807) is 17.1 Å². The van der Waals surface area contributed by atoms with E-state index in [2.05, 4.69) is 20.4 Å². The van der Waals surface area contributed by atoms with Crippen LogP contribution in [0.15, 0.2) is 36.7 Å². The van der Waals surface area contributed by atoms with Crippen molar-refractivity contribution in [2.45, 2.75) is 44.4 Å². The zero-order chi connectivity index (χ0) is 17.2. The number of aromatic nitrogens is 4. The molecule has 0 spiro atoms. The summed E-state index contributed by atoms with van der Waals surface area (Å²) in [6, 6.07) is 7.85. The van der Waals surface area contributed by atoms with Crippen molar-refractivity contribution in [2.75, 3.05) is 5.32 Å². The van der Waals surface area contributed by atoms with Gasteiger partial charge in [-0.25, -0.2) is 9.67 Å². The Kier molecular flexibility index (Phi) is 4.33. The molecule has 2 heterocycles. The molecule has 1 aliphatic carbocycles. The van der Waals surface area contributed by atoms with Crippen LogP contribution in [0.25, 0.3) is 16.7 Å². The molecular formula is C18H21N5O2. The molecule has 1 aromatic carbocycles. The summed E-state index contributed by atoms with van der Waals surface area (Å²) in [4.78, 5) is 8.90. The van der Waals surface area contributed by atoms with E-state index in [0.29, 0.717) is 11.8 Å². The molecule has 0 aliphatic heterocycles. The summed E-state index contributed by atoms with van der Waals surface area (Å²) in [5, 5.41) is 27.7. The second-order valence-electron chi connectivity index (χ2n) is 6.50. The van der Waals surface area contributed by atoms with Crippen LogP contribution >= 0.6 is 0 Å². The first kappa shape index (κ1) is 16.0. The third-order valence-electron chi connectivity index (χ3n) is 4.71. The van der Waals surface area contributed by atoms with Gasteiger partial charge in [0, 0.05) is 23.7 Å². The van der Waals surface area contributed by atoms with Gasteiger partial charge in [-0.3, -0.25) is 0 Å². The number of rotatable bonds is 4. The van der Waals surface area contributed by atoms with Crippen LogP contribution in [-0.2, 0) is 6.61 Å². The lowest BCUT2D eigenvalue weighted by Gasteiger charge is -2.26. The highest BCUT2D eigenvalue weighted by Crippen LogP contribution is 2.22. The van der Waals surface area contributed by atoms with Crippen molar-refractivity contribution < 1.29 is 10.2 Å². The number of hydrogen-bond acceptors (Lipinski definition) is 6. The van der Waals surface area contributed by atoms with Crippen LogP contribution in [0.4, 0.5) is 5.95 Å². The number of aliphatic hydroxyl groups is 2. The Labute approximate surface area is 145 Å². The average molecular weight is 339 g/mol. The Balaban J connectivity index is 1.61. The molecule has 1 fully saturated rings. The lowest BCUT2D eigenvalue weighted by molar-refractivity contribution is 0.126. The predicted octanol–water partition coefficient (Wildman–Crippen LogP) is 2.02. The van der Waals surface area contributed by atoms with Gasteiger partial charge in [-0.15, -0.1) is 0 Å². The molecule has 0 radical (unpaired) electrons. The topological polar surface area (TPSA) is 96.1 Å². The van der Waals surface area contributed by atoms with Crippen molar-refractivity contribution in [3.05, 3.63) is 42.2 Å². The molecule has 0 saturated heterocycles. The van der Waals surface area contributed by atoms with Gasteiger partial charge >= 0.3 is 0 Å². The molecule has 0 amide bonds. The molecule has 1 saturated carbocycles. The van der Waals surface area contributed by atoms with Crippen LogP contribution in [0.3, 0.4) is 0 Å². The molecule has 7 heteroatoms. The Hall–Kier alpha value is -2.51. The molecule has 4 rings (SSSR count). The lowest BCUT2D eigenvalue weighted by Crippen LogP contribution is -2.29. The molecule has 3 aromatic rings. The van der Waals surface area contributed by atoms with E-state index in [1.807, 2.05) is 24.3 Å². The Morgan fingerprint density at radius 2 is 2.00 bits per heavy atom. The van der Waals surface area contributed by atoms with E-state index in [1.165, 1.54) is 0 Å². The van der Waals surface area contributed by atoms with E-state index in [9.17, 15) is 10.2 Å². The summed E-state index contributed by atoms with van der Waals surface area (Å²) in [6.07, 6.45) is 6.77. The monoisotopic (exact) mass is 339 g/mol. The highest BCUT2D eigenvalue weighted by Gasteiger charge is 2.20. The van der Waals surface area contributed by atoms with Crippen LogP contribution in [0.1, 0.15) is 31.2 Å². The molecule has 1 aliphatic rings. The fourth-order valence-corrected chi connectivity index (χ4v) is 3.28. The number of hydrogen-bond donors (Lipinski definition) is 3. The zero-order valence-electron chi connectivity index (χ0n) is 13.8. The molecule has 0 unspecified atom stereocenters. The largest absolute Gasteiger partial charge is 0.393 e. The van der Waals surface area contributed by atoms with E-state index in [0.717, 1.165) is 42.1 Å². The Morgan fingerprint density at radius 1 is 1.16 bits per heavy atom. The van der Waals surface area contributed by atoms with Crippen LogP contribution < -0.4 is 5.32 Å². The molecule has 2 aromatic heterocycles. The van der Waals surface area contributed by atoms with Crippen LogP contribution in [-0.4, -0.2) is 42.1 Å². The van der Waals surface area contributed by atoms with Gasteiger partial charge in [0.1, 0.15) is 0 Å². The SMILES string of the molecule is OCc1ccc2cnn(-c3ccnc(NC4CCC(O)CC4)n3)c2c1. The first-order valence-corrected chi connectivity index (χ1v) is 8.58. The summed E-state index contributed by atoms with van der Waals surface area (Å²) in [7, 11) is 0. The number of anilines is 1. The summed E-state index contributed by atoms with van der Waals surface area (Å²) < 4.78 is 1.76. The molecule has 0 bridgehead atoms. The first-order chi connectivity index (χ1) is 12.2. The maximum Gasteiger partial charge on any atom is 0.224 e. The molecule has 7 nitrogen and oxygen atoms in total. The van der Waals surface area contributed by atoms with Crippen molar-refractivity contribution >= 4 is 16.9 Å². The smallest absolute Gasteiger partial charge is 0.224 e. The number of aliphatic hydroxyl groups excluding tert-OH is 2. The second-order valence-corrected chi connectivity index (χ2v) is 6.50. The Morgan fingerprint density at radius 3 is 2.80 bits per heavy atom. The molecular weight excluding hydrogens is 318 g/mol. The number of nitrogens with one attached hydrogen (secondary N) is 1. The first-order valence-electron chi connectivity index (χ1n) is 8.58. The Bertz CT molecular complexity index is 871. The molecule has 130 valence electrons. The number of benzene rings is 1. The standard InChI is InChI=1S/C18H21N5O2/c24-11-12-1-2-13-10-20-23(16(13)9-12)17-7-8-19-18(22-17)21-14-3-5-15(25)6-4-14/h1-2,7-10,14-15,24-25H,3-6,11H2,(H,19,21,22). The maximum absolute atomic E-state index is 9.62. The quantitative estimate of drug-likeness (QED) is 0.673. The second kappa shape index (κ2) is 6.78. The minimum atomic E-state index is -0.179. The summed E-state index contributed by atoms with van der Waals surface area (Å²) in [6.45, 7) is -0.00870. The van der Waals surface area contributed by atoms with Gasteiger partial charge < -0.3 is 15.5 Å². The minimum absolute atomic E-state index is 0.00870. The fourth-order valence-electron chi connectivity index (χ4n) is 3.28. The van der Waals surface area contributed by atoms with Gasteiger partial charge in [0.15, 0.2) is 5.82 Å². The van der Waals surface area contributed by atoms with Crippen LogP contribution in [0.2, 0.25) is 0 Å². The molecule has 0 atom stereocenters. The summed E-state index contributed by atoms with van der Waals surface area (Å²) >= 11 is 0. The van der Waals surface area contributed by atoms with Crippen molar-refractivity contribution in [1.29, 1.82) is 0 Å². The summed E-state index contributed by atoms with van der Waals surface area (Å²) in [5.41, 5.74) is 1.74. The van der Waals surface area contributed by atoms with Gasteiger partial charge in [0.2, 0.25) is 5.95 Å². The van der Waals surface area contributed by atoms with Crippen molar-refractivity contribution in [3.63, 3.8) is 0 Å². The van der Waals surface area contributed by atoms with E-state index in [-0.39, 0.29) is 18.8 Å². The summed E-state index contributed by atoms with van der Waals surface area (Å²) in [5.74, 6) is 1.25. The fraction of sp³-hybridized carbons (Fsp3) is 0.389. The third kappa shape index (κ3) is 3.33. The van der Waals surface area contributed by atoms with Gasteiger partial charge in [0.05, 0.1) is 24.4 Å². The van der Waals surface area contributed by atoms with E-state index in [4.69, 9.17) is 0 Å². The molecule has 3 N–H and O–H groups in total. The number of nitrogens with zero attached hydrogens (tertiary/aromatic N) is 4. The van der Waals surface area contributed by atoms with Crippen LogP contribution in [0.5, 0.6) is 0 Å². The zero-order valence-corrected chi connectivity index (χ0v) is 13.8. The van der Waals surface area contributed by atoms with Gasteiger partial charge in [-0.05, 0) is 37.3 Å². The van der Waals surface area contributed by atoms with Gasteiger partial charge in [0.25, 0.3) is 0 Å². The van der Waals surface area contributed by atoms with Crippen molar-refractivity contribution in [1.82, 2.24) is 19.7 Å². The highest BCUT2D eigenvalue weighted by atomic mass is 16.3.